The zero-order chi connectivity index (χ0) is 9.26. The number of hydrogen-bond acceptors (Lipinski definition) is 2. The number of rotatable bonds is 3. The average molecular weight is 259 g/mol. The molecule has 3 heteroatoms. The Kier molecular flexibility index (Phi) is 2.84. The number of hydrogen-bond donors (Lipinski definition) is 0. The fraction of sp³-hybridized carbons (Fsp3) is 0.500. The highest BCUT2D eigenvalue weighted by Gasteiger charge is 2.25. The van der Waals surface area contributed by atoms with Gasteiger partial charge in [-0.1, -0.05) is 6.42 Å². The molecule has 0 N–H and O–H groups in total. The van der Waals surface area contributed by atoms with Crippen molar-refractivity contribution in [3.8, 4) is 0 Å². The van der Waals surface area contributed by atoms with E-state index in [2.05, 4.69) is 15.9 Å². The number of Topliss-reactive ketones (excluding diaryl/α,β-unsaturated/α-hetero) is 1. The maximum atomic E-state index is 11.6. The van der Waals surface area contributed by atoms with Gasteiger partial charge in [-0.2, -0.15) is 0 Å². The first-order valence-electron chi connectivity index (χ1n) is 4.52. The van der Waals surface area contributed by atoms with Gasteiger partial charge in [0.05, 0.1) is 3.79 Å². The SMILES string of the molecule is O=C(Cc1ccc(Br)s1)C1CCC1. The molecule has 0 unspecified atom stereocenters. The van der Waals surface area contributed by atoms with Gasteiger partial charge in [0.25, 0.3) is 0 Å². The van der Waals surface area contributed by atoms with Crippen LogP contribution < -0.4 is 0 Å². The van der Waals surface area contributed by atoms with E-state index in [1.165, 1.54) is 11.3 Å². The van der Waals surface area contributed by atoms with Crippen LogP contribution in [0.1, 0.15) is 24.1 Å². The average Bonchev–Trinajstić information content (AvgIpc) is 2.31. The molecule has 13 heavy (non-hydrogen) atoms. The monoisotopic (exact) mass is 258 g/mol. The van der Waals surface area contributed by atoms with Crippen molar-refractivity contribution >= 4 is 33.0 Å². The van der Waals surface area contributed by atoms with E-state index in [9.17, 15) is 4.79 Å². The van der Waals surface area contributed by atoms with E-state index in [0.29, 0.717) is 18.1 Å². The van der Waals surface area contributed by atoms with Crippen molar-refractivity contribution in [1.82, 2.24) is 0 Å². The minimum absolute atomic E-state index is 0.376. The van der Waals surface area contributed by atoms with E-state index in [1.54, 1.807) is 11.3 Å². The highest BCUT2D eigenvalue weighted by atomic mass is 79.9. The maximum absolute atomic E-state index is 11.6. The Morgan fingerprint density at radius 3 is 2.77 bits per heavy atom. The molecule has 2 rings (SSSR count). The topological polar surface area (TPSA) is 17.1 Å². The van der Waals surface area contributed by atoms with Crippen LogP contribution in [0.15, 0.2) is 15.9 Å². The van der Waals surface area contributed by atoms with Gasteiger partial charge in [-0.15, -0.1) is 11.3 Å². The van der Waals surface area contributed by atoms with Crippen LogP contribution in [-0.4, -0.2) is 5.78 Å². The molecule has 1 aromatic rings. The molecule has 1 saturated carbocycles. The van der Waals surface area contributed by atoms with Gasteiger partial charge in [0.2, 0.25) is 0 Å². The minimum Gasteiger partial charge on any atom is -0.299 e. The Morgan fingerprint density at radius 1 is 1.54 bits per heavy atom. The Bertz CT molecular complexity index is 314. The smallest absolute Gasteiger partial charge is 0.141 e. The van der Waals surface area contributed by atoms with E-state index < -0.39 is 0 Å². The van der Waals surface area contributed by atoms with Crippen LogP contribution in [0.5, 0.6) is 0 Å². The summed E-state index contributed by atoms with van der Waals surface area (Å²) in [6.45, 7) is 0. The molecule has 1 nitrogen and oxygen atoms in total. The molecule has 0 radical (unpaired) electrons. The number of ketones is 1. The molecule has 0 spiro atoms. The van der Waals surface area contributed by atoms with Crippen molar-refractivity contribution in [3.63, 3.8) is 0 Å². The number of carbonyl (C=O) groups excluding carboxylic acids is 1. The van der Waals surface area contributed by atoms with Crippen LogP contribution >= 0.6 is 27.3 Å². The molecule has 1 aliphatic rings. The standard InChI is InChI=1S/C10H11BrOS/c11-10-5-4-8(13-10)6-9(12)7-2-1-3-7/h4-5,7H,1-3,6H2. The molecule has 0 atom stereocenters. The van der Waals surface area contributed by atoms with Crippen LogP contribution in [0.4, 0.5) is 0 Å². The molecule has 70 valence electrons. The third kappa shape index (κ3) is 2.20. The normalized spacial score (nSPS) is 17.0. The van der Waals surface area contributed by atoms with Crippen molar-refractivity contribution in [2.45, 2.75) is 25.7 Å². The molecule has 0 aliphatic heterocycles. The van der Waals surface area contributed by atoms with Crippen molar-refractivity contribution < 1.29 is 4.79 Å². The second kappa shape index (κ2) is 3.93. The van der Waals surface area contributed by atoms with E-state index in [0.717, 1.165) is 16.6 Å². The van der Waals surface area contributed by atoms with Gasteiger partial charge in [-0.25, -0.2) is 0 Å². The fourth-order valence-electron chi connectivity index (χ4n) is 1.49. The Morgan fingerprint density at radius 2 is 2.31 bits per heavy atom. The lowest BCUT2D eigenvalue weighted by Crippen LogP contribution is -2.23. The van der Waals surface area contributed by atoms with Gasteiger partial charge in [-0.05, 0) is 40.9 Å². The largest absolute Gasteiger partial charge is 0.299 e. The minimum atomic E-state index is 0.376. The molecule has 1 aliphatic carbocycles. The number of halogens is 1. The van der Waals surface area contributed by atoms with Crippen LogP contribution in [0.3, 0.4) is 0 Å². The van der Waals surface area contributed by atoms with Crippen molar-refractivity contribution in [2.75, 3.05) is 0 Å². The van der Waals surface area contributed by atoms with Crippen molar-refractivity contribution in [2.24, 2.45) is 5.92 Å². The first-order valence-corrected chi connectivity index (χ1v) is 6.13. The summed E-state index contributed by atoms with van der Waals surface area (Å²) in [5.41, 5.74) is 0. The Hall–Kier alpha value is -0.150. The quantitative estimate of drug-likeness (QED) is 0.812. The highest BCUT2D eigenvalue weighted by Crippen LogP contribution is 2.30. The zero-order valence-corrected chi connectivity index (χ0v) is 9.66. The summed E-state index contributed by atoms with van der Waals surface area (Å²) in [5.74, 6) is 0.807. The first kappa shape index (κ1) is 9.41. The van der Waals surface area contributed by atoms with Crippen molar-refractivity contribution in [3.05, 3.63) is 20.8 Å². The van der Waals surface area contributed by atoms with E-state index in [1.807, 2.05) is 12.1 Å². The van der Waals surface area contributed by atoms with Gasteiger partial charge < -0.3 is 0 Å². The van der Waals surface area contributed by atoms with Crippen LogP contribution in [-0.2, 0) is 11.2 Å². The molecule has 0 amide bonds. The molecule has 1 fully saturated rings. The van der Waals surface area contributed by atoms with Crippen molar-refractivity contribution in [1.29, 1.82) is 0 Å². The van der Waals surface area contributed by atoms with Crippen LogP contribution in [0.25, 0.3) is 0 Å². The molecule has 0 saturated heterocycles. The molecule has 0 aromatic carbocycles. The second-order valence-corrected chi connectivity index (χ2v) is 6.02. The van der Waals surface area contributed by atoms with Gasteiger partial charge in [0, 0.05) is 17.2 Å². The zero-order valence-electron chi connectivity index (χ0n) is 7.25. The second-order valence-electron chi connectivity index (χ2n) is 3.48. The molecule has 1 heterocycles. The molecule has 0 bridgehead atoms. The predicted octanol–water partition coefficient (Wildman–Crippen LogP) is 3.42. The Balaban J connectivity index is 1.93. The molecular weight excluding hydrogens is 248 g/mol. The van der Waals surface area contributed by atoms with Gasteiger partial charge in [0.1, 0.15) is 5.78 Å². The molecular formula is C10H11BrOS. The predicted molar refractivity (Wildman–Crippen MR) is 58.1 cm³/mol. The van der Waals surface area contributed by atoms with Crippen LogP contribution in [0, 0.1) is 5.92 Å². The lowest BCUT2D eigenvalue weighted by atomic mass is 9.81. The lowest BCUT2D eigenvalue weighted by Gasteiger charge is -2.23. The van der Waals surface area contributed by atoms with Gasteiger partial charge >= 0.3 is 0 Å². The maximum Gasteiger partial charge on any atom is 0.141 e. The fourth-order valence-corrected chi connectivity index (χ4v) is 2.99. The highest BCUT2D eigenvalue weighted by molar-refractivity contribution is 9.11. The number of carbonyl (C=O) groups is 1. The first-order chi connectivity index (χ1) is 6.25. The van der Waals surface area contributed by atoms with Gasteiger partial charge in [0.15, 0.2) is 0 Å². The van der Waals surface area contributed by atoms with Crippen LogP contribution in [0.2, 0.25) is 0 Å². The summed E-state index contributed by atoms with van der Waals surface area (Å²) in [6.07, 6.45) is 4.11. The summed E-state index contributed by atoms with van der Waals surface area (Å²) >= 11 is 5.06. The summed E-state index contributed by atoms with van der Waals surface area (Å²) in [4.78, 5) is 12.8. The third-order valence-corrected chi connectivity index (χ3v) is 4.16. The van der Waals surface area contributed by atoms with E-state index >= 15 is 0 Å². The van der Waals surface area contributed by atoms with Gasteiger partial charge in [-0.3, -0.25) is 4.79 Å². The molecule has 1 aromatic heterocycles. The summed E-state index contributed by atoms with van der Waals surface area (Å²) in [6, 6.07) is 4.04. The summed E-state index contributed by atoms with van der Waals surface area (Å²) in [5, 5.41) is 0. The lowest BCUT2D eigenvalue weighted by molar-refractivity contribution is -0.124. The third-order valence-electron chi connectivity index (χ3n) is 2.54. The summed E-state index contributed by atoms with van der Waals surface area (Å²) in [7, 11) is 0. The van der Waals surface area contributed by atoms with E-state index in [-0.39, 0.29) is 0 Å². The Labute approximate surface area is 90.3 Å². The number of thiophene rings is 1. The summed E-state index contributed by atoms with van der Waals surface area (Å²) < 4.78 is 1.11. The van der Waals surface area contributed by atoms with E-state index in [4.69, 9.17) is 0 Å².